The van der Waals surface area contributed by atoms with E-state index in [4.69, 9.17) is 4.74 Å². The first kappa shape index (κ1) is 14.4. The fraction of sp³-hybridized carbons (Fsp3) is 0.625. The molecule has 3 heteroatoms. The van der Waals surface area contributed by atoms with Crippen LogP contribution in [0.5, 0.6) is 0 Å². The number of anilines is 1. The van der Waals surface area contributed by atoms with Gasteiger partial charge in [-0.3, -0.25) is 0 Å². The Hall–Kier alpha value is -1.06. The van der Waals surface area contributed by atoms with Gasteiger partial charge in [0, 0.05) is 39.0 Å². The van der Waals surface area contributed by atoms with Crippen LogP contribution in [0.15, 0.2) is 24.3 Å². The van der Waals surface area contributed by atoms with Crippen molar-refractivity contribution in [2.75, 3.05) is 38.3 Å². The average molecular weight is 262 g/mol. The second kappa shape index (κ2) is 8.18. The van der Waals surface area contributed by atoms with Crippen LogP contribution < -0.4 is 10.2 Å². The molecule has 2 rings (SSSR count). The van der Waals surface area contributed by atoms with Crippen molar-refractivity contribution >= 4 is 5.69 Å². The maximum Gasteiger partial charge on any atom is 0.0587 e. The van der Waals surface area contributed by atoms with Gasteiger partial charge in [-0.05, 0) is 30.5 Å². The number of ether oxygens (including phenoxy) is 1. The molecular formula is C16H26N2O. The zero-order valence-electron chi connectivity index (χ0n) is 12.0. The highest BCUT2D eigenvalue weighted by Gasteiger charge is 2.09. The molecule has 1 aliphatic rings. The lowest BCUT2D eigenvalue weighted by atomic mass is 10.2. The van der Waals surface area contributed by atoms with Gasteiger partial charge in [-0.15, -0.1) is 0 Å². The van der Waals surface area contributed by atoms with E-state index in [2.05, 4.69) is 34.5 Å². The Kier molecular flexibility index (Phi) is 6.18. The number of hydrogen-bond acceptors (Lipinski definition) is 3. The normalized spacial score (nSPS) is 16.4. The van der Waals surface area contributed by atoms with Gasteiger partial charge in [0.15, 0.2) is 0 Å². The summed E-state index contributed by atoms with van der Waals surface area (Å²) in [5.41, 5.74) is 2.72. The number of methoxy groups -OCH3 is 1. The van der Waals surface area contributed by atoms with Gasteiger partial charge in [0.1, 0.15) is 0 Å². The summed E-state index contributed by atoms with van der Waals surface area (Å²) in [4.78, 5) is 2.52. The molecule has 0 spiro atoms. The van der Waals surface area contributed by atoms with Gasteiger partial charge in [-0.1, -0.05) is 25.0 Å². The molecule has 1 saturated heterocycles. The number of benzene rings is 1. The van der Waals surface area contributed by atoms with Gasteiger partial charge in [-0.25, -0.2) is 0 Å². The minimum atomic E-state index is 0.770. The van der Waals surface area contributed by atoms with Crippen molar-refractivity contribution in [3.8, 4) is 0 Å². The first-order chi connectivity index (χ1) is 9.40. The maximum absolute atomic E-state index is 5.02. The molecule has 0 radical (unpaired) electrons. The lowest BCUT2D eigenvalue weighted by Gasteiger charge is -2.22. The molecule has 0 bridgehead atoms. The van der Waals surface area contributed by atoms with Crippen molar-refractivity contribution in [2.45, 2.75) is 32.2 Å². The van der Waals surface area contributed by atoms with Crippen molar-refractivity contribution in [3.63, 3.8) is 0 Å². The van der Waals surface area contributed by atoms with E-state index in [1.807, 2.05) is 0 Å². The number of rotatable bonds is 6. The Balaban J connectivity index is 1.83. The Morgan fingerprint density at radius 1 is 1.05 bits per heavy atom. The summed E-state index contributed by atoms with van der Waals surface area (Å²) in [6.07, 6.45) is 5.44. The molecule has 19 heavy (non-hydrogen) atoms. The summed E-state index contributed by atoms with van der Waals surface area (Å²) in [5.74, 6) is 0. The van der Waals surface area contributed by atoms with E-state index in [1.54, 1.807) is 7.11 Å². The zero-order chi connectivity index (χ0) is 13.3. The maximum atomic E-state index is 5.02. The van der Waals surface area contributed by atoms with E-state index < -0.39 is 0 Å². The Morgan fingerprint density at radius 3 is 2.37 bits per heavy atom. The van der Waals surface area contributed by atoms with Gasteiger partial charge in [0.05, 0.1) is 6.61 Å². The summed E-state index contributed by atoms with van der Waals surface area (Å²) in [6, 6.07) is 9.00. The van der Waals surface area contributed by atoms with Crippen LogP contribution in [0, 0.1) is 0 Å². The standard InChI is InChI=1S/C16H26N2O/c1-19-13-10-17-14-15-6-8-16(9-7-15)18-11-4-2-3-5-12-18/h6-9,17H,2-5,10-14H2,1H3. The first-order valence-corrected chi connectivity index (χ1v) is 7.44. The van der Waals surface area contributed by atoms with Crippen molar-refractivity contribution in [1.82, 2.24) is 5.32 Å². The van der Waals surface area contributed by atoms with E-state index >= 15 is 0 Å². The van der Waals surface area contributed by atoms with E-state index in [0.29, 0.717) is 0 Å². The van der Waals surface area contributed by atoms with Gasteiger partial charge in [-0.2, -0.15) is 0 Å². The third-order valence-electron chi connectivity index (χ3n) is 3.72. The smallest absolute Gasteiger partial charge is 0.0587 e. The molecule has 0 atom stereocenters. The topological polar surface area (TPSA) is 24.5 Å². The molecule has 0 saturated carbocycles. The van der Waals surface area contributed by atoms with Crippen molar-refractivity contribution in [1.29, 1.82) is 0 Å². The predicted molar refractivity (Wildman–Crippen MR) is 80.7 cm³/mol. The molecule has 0 amide bonds. The van der Waals surface area contributed by atoms with Crippen LogP contribution in [-0.4, -0.2) is 33.4 Å². The molecule has 1 aromatic rings. The molecule has 1 N–H and O–H groups in total. The van der Waals surface area contributed by atoms with Crippen LogP contribution in [0.3, 0.4) is 0 Å². The predicted octanol–water partition coefficient (Wildman–Crippen LogP) is 2.80. The first-order valence-electron chi connectivity index (χ1n) is 7.44. The summed E-state index contributed by atoms with van der Waals surface area (Å²) >= 11 is 0. The van der Waals surface area contributed by atoms with Crippen molar-refractivity contribution in [3.05, 3.63) is 29.8 Å². The van der Waals surface area contributed by atoms with Crippen LogP contribution in [0.2, 0.25) is 0 Å². The molecule has 1 fully saturated rings. The second-order valence-corrected chi connectivity index (χ2v) is 5.24. The van der Waals surface area contributed by atoms with E-state index in [1.165, 1.54) is 50.0 Å². The molecule has 1 heterocycles. The minimum Gasteiger partial charge on any atom is -0.383 e. The van der Waals surface area contributed by atoms with Crippen LogP contribution >= 0.6 is 0 Å². The Labute approximate surface area is 116 Å². The minimum absolute atomic E-state index is 0.770. The Bertz CT molecular complexity index is 342. The van der Waals surface area contributed by atoms with Crippen LogP contribution in [-0.2, 0) is 11.3 Å². The highest BCUT2D eigenvalue weighted by molar-refractivity contribution is 5.47. The molecule has 3 nitrogen and oxygen atoms in total. The van der Waals surface area contributed by atoms with Gasteiger partial charge in [0.25, 0.3) is 0 Å². The van der Waals surface area contributed by atoms with E-state index in [0.717, 1.165) is 19.7 Å². The molecule has 1 aromatic carbocycles. The van der Waals surface area contributed by atoms with Crippen LogP contribution in [0.1, 0.15) is 31.2 Å². The number of nitrogens with one attached hydrogen (secondary N) is 1. The van der Waals surface area contributed by atoms with Crippen LogP contribution in [0.4, 0.5) is 5.69 Å². The average Bonchev–Trinajstić information content (AvgIpc) is 2.73. The van der Waals surface area contributed by atoms with E-state index in [9.17, 15) is 0 Å². The summed E-state index contributed by atoms with van der Waals surface area (Å²) < 4.78 is 5.02. The fourth-order valence-electron chi connectivity index (χ4n) is 2.56. The molecule has 1 aliphatic heterocycles. The van der Waals surface area contributed by atoms with Gasteiger partial charge >= 0.3 is 0 Å². The third-order valence-corrected chi connectivity index (χ3v) is 3.72. The number of hydrogen-bond donors (Lipinski definition) is 1. The molecule has 106 valence electrons. The summed E-state index contributed by atoms with van der Waals surface area (Å²) in [6.45, 7) is 5.02. The monoisotopic (exact) mass is 262 g/mol. The SMILES string of the molecule is COCCNCc1ccc(N2CCCCCC2)cc1. The molecule has 0 aliphatic carbocycles. The number of nitrogens with zero attached hydrogens (tertiary/aromatic N) is 1. The van der Waals surface area contributed by atoms with Crippen LogP contribution in [0.25, 0.3) is 0 Å². The lowest BCUT2D eigenvalue weighted by molar-refractivity contribution is 0.199. The highest BCUT2D eigenvalue weighted by atomic mass is 16.5. The zero-order valence-corrected chi connectivity index (χ0v) is 12.0. The van der Waals surface area contributed by atoms with Crippen molar-refractivity contribution in [2.24, 2.45) is 0 Å². The highest BCUT2D eigenvalue weighted by Crippen LogP contribution is 2.19. The fourth-order valence-corrected chi connectivity index (χ4v) is 2.56. The molecule has 0 unspecified atom stereocenters. The molecule has 0 aromatic heterocycles. The van der Waals surface area contributed by atoms with Gasteiger partial charge in [0.2, 0.25) is 0 Å². The van der Waals surface area contributed by atoms with Gasteiger partial charge < -0.3 is 15.0 Å². The summed E-state index contributed by atoms with van der Waals surface area (Å²) in [7, 11) is 1.73. The Morgan fingerprint density at radius 2 is 1.74 bits per heavy atom. The largest absolute Gasteiger partial charge is 0.383 e. The third kappa shape index (κ3) is 4.84. The second-order valence-electron chi connectivity index (χ2n) is 5.24. The van der Waals surface area contributed by atoms with Crippen molar-refractivity contribution < 1.29 is 4.74 Å². The quantitative estimate of drug-likeness (QED) is 0.798. The lowest BCUT2D eigenvalue weighted by Crippen LogP contribution is -2.23. The summed E-state index contributed by atoms with van der Waals surface area (Å²) in [5, 5.41) is 3.37. The molecular weight excluding hydrogens is 236 g/mol. The van der Waals surface area contributed by atoms with E-state index in [-0.39, 0.29) is 0 Å².